The zero-order chi connectivity index (χ0) is 5.98. The minimum absolute atomic E-state index is 0.417. The molecule has 0 atom stereocenters. The number of nitrogens with one attached hydrogen (secondary N) is 2. The number of hydrogen-bond acceptors (Lipinski definition) is 2. The van der Waals surface area contributed by atoms with E-state index in [9.17, 15) is 0 Å². The van der Waals surface area contributed by atoms with Gasteiger partial charge in [0, 0.05) is 6.21 Å². The summed E-state index contributed by atoms with van der Waals surface area (Å²) in [5, 5.41) is 7.13. The van der Waals surface area contributed by atoms with E-state index in [4.69, 9.17) is 17.0 Å². The summed E-state index contributed by atoms with van der Waals surface area (Å²) < 4.78 is 0. The van der Waals surface area contributed by atoms with Crippen molar-refractivity contribution in [1.29, 1.82) is 5.41 Å². The van der Waals surface area contributed by atoms with Crippen molar-refractivity contribution in [2.45, 2.75) is 0 Å². The first kappa shape index (κ1) is 5.31. The van der Waals surface area contributed by atoms with Crippen LogP contribution in [-0.4, -0.2) is 16.2 Å². The van der Waals surface area contributed by atoms with Crippen molar-refractivity contribution >= 4 is 17.8 Å². The van der Waals surface area contributed by atoms with Crippen LogP contribution in [0, 0.1) is 5.41 Å². The smallest absolute Gasteiger partial charge is 0.135 e. The molecular formula is C4H4ClN3. The van der Waals surface area contributed by atoms with E-state index in [-0.39, 0.29) is 0 Å². The molecule has 0 saturated carbocycles. The Labute approximate surface area is 51.2 Å². The Kier molecular flexibility index (Phi) is 1.30. The van der Waals surface area contributed by atoms with E-state index in [1.54, 1.807) is 0 Å². The van der Waals surface area contributed by atoms with Gasteiger partial charge < -0.3 is 10.4 Å². The maximum absolute atomic E-state index is 6.71. The average Bonchev–Trinajstić information content (AvgIpc) is 2.14. The fourth-order valence-corrected chi connectivity index (χ4v) is 0.542. The second kappa shape index (κ2) is 1.96. The van der Waals surface area contributed by atoms with E-state index in [0.717, 1.165) is 6.21 Å². The summed E-state index contributed by atoms with van der Waals surface area (Å²) in [4.78, 5) is 6.33. The van der Waals surface area contributed by atoms with Gasteiger partial charge in [-0.15, -0.1) is 0 Å². The van der Waals surface area contributed by atoms with Crippen molar-refractivity contribution in [2.24, 2.45) is 0 Å². The van der Waals surface area contributed by atoms with Crippen molar-refractivity contribution in [1.82, 2.24) is 9.97 Å². The Morgan fingerprint density at radius 3 is 2.88 bits per heavy atom. The third kappa shape index (κ3) is 0.721. The zero-order valence-corrected chi connectivity index (χ0v) is 4.74. The fraction of sp³-hybridized carbons (Fsp3) is 0. The molecule has 0 aliphatic heterocycles. The summed E-state index contributed by atoms with van der Waals surface area (Å²) >= 11 is 5.47. The predicted molar refractivity (Wildman–Crippen MR) is 31.5 cm³/mol. The number of imidazole rings is 1. The van der Waals surface area contributed by atoms with Crippen LogP contribution in [0.25, 0.3) is 0 Å². The molecule has 0 spiro atoms. The standard InChI is InChI=1S/C4H4ClN3/c5-4-3(1-6)7-2-8-4/h1-2,6H,(H,7,8). The molecule has 1 aromatic heterocycles. The molecule has 2 N–H and O–H groups in total. The summed E-state index contributed by atoms with van der Waals surface area (Å²) in [6.45, 7) is 0. The monoisotopic (exact) mass is 129 g/mol. The molecule has 0 bridgehead atoms. The molecule has 0 aromatic carbocycles. The Balaban J connectivity index is 3.09. The summed E-state index contributed by atoms with van der Waals surface area (Å²) in [5.74, 6) is 0. The molecule has 0 aliphatic rings. The predicted octanol–water partition coefficient (Wildman–Crippen LogP) is 1.06. The lowest BCUT2D eigenvalue weighted by Crippen LogP contribution is -1.76. The first-order chi connectivity index (χ1) is 3.84. The van der Waals surface area contributed by atoms with E-state index < -0.39 is 0 Å². The Morgan fingerprint density at radius 2 is 2.62 bits per heavy atom. The number of rotatable bonds is 1. The van der Waals surface area contributed by atoms with Crippen LogP contribution >= 0.6 is 11.6 Å². The van der Waals surface area contributed by atoms with E-state index in [2.05, 4.69) is 9.97 Å². The van der Waals surface area contributed by atoms with Gasteiger partial charge in [0.15, 0.2) is 0 Å². The van der Waals surface area contributed by atoms with Crippen molar-refractivity contribution < 1.29 is 0 Å². The van der Waals surface area contributed by atoms with Crippen LogP contribution in [0.1, 0.15) is 5.69 Å². The van der Waals surface area contributed by atoms with Crippen molar-refractivity contribution in [3.05, 3.63) is 17.2 Å². The van der Waals surface area contributed by atoms with Crippen molar-refractivity contribution in [3.63, 3.8) is 0 Å². The van der Waals surface area contributed by atoms with Crippen molar-refractivity contribution in [2.75, 3.05) is 0 Å². The second-order valence-corrected chi connectivity index (χ2v) is 1.62. The van der Waals surface area contributed by atoms with Gasteiger partial charge in [-0.05, 0) is 0 Å². The van der Waals surface area contributed by atoms with Gasteiger partial charge in [0.25, 0.3) is 0 Å². The van der Waals surface area contributed by atoms with Crippen molar-refractivity contribution in [3.8, 4) is 0 Å². The maximum atomic E-state index is 6.71. The molecule has 42 valence electrons. The average molecular weight is 130 g/mol. The van der Waals surface area contributed by atoms with Crippen LogP contribution in [-0.2, 0) is 0 Å². The molecule has 1 rings (SSSR count). The largest absolute Gasteiger partial charge is 0.335 e. The highest BCUT2D eigenvalue weighted by atomic mass is 35.5. The molecule has 1 heterocycles. The highest BCUT2D eigenvalue weighted by Gasteiger charge is 1.94. The molecule has 0 unspecified atom stereocenters. The van der Waals surface area contributed by atoms with Gasteiger partial charge in [0.2, 0.25) is 0 Å². The number of nitrogens with zero attached hydrogens (tertiary/aromatic N) is 1. The minimum atomic E-state index is 0.417. The van der Waals surface area contributed by atoms with Crippen LogP contribution in [0.2, 0.25) is 5.15 Å². The molecular weight excluding hydrogens is 126 g/mol. The lowest BCUT2D eigenvalue weighted by atomic mass is 10.5. The van der Waals surface area contributed by atoms with Gasteiger partial charge >= 0.3 is 0 Å². The maximum Gasteiger partial charge on any atom is 0.135 e. The molecule has 0 saturated heterocycles. The van der Waals surface area contributed by atoms with Gasteiger partial charge in [-0.1, -0.05) is 11.6 Å². The summed E-state index contributed by atoms with van der Waals surface area (Å²) in [6, 6.07) is 0. The molecule has 4 heteroatoms. The van der Waals surface area contributed by atoms with Crippen LogP contribution in [0.4, 0.5) is 0 Å². The first-order valence-corrected chi connectivity index (χ1v) is 2.41. The van der Waals surface area contributed by atoms with Gasteiger partial charge in [0.05, 0.1) is 6.33 Å². The summed E-state index contributed by atoms with van der Waals surface area (Å²) in [7, 11) is 0. The second-order valence-electron chi connectivity index (χ2n) is 1.25. The Bertz CT molecular complexity index is 193. The van der Waals surface area contributed by atoms with Crippen LogP contribution < -0.4 is 0 Å². The molecule has 3 nitrogen and oxygen atoms in total. The normalized spacial score (nSPS) is 9.12. The molecule has 1 aromatic rings. The number of halogens is 1. The lowest BCUT2D eigenvalue weighted by molar-refractivity contribution is 1.31. The molecule has 0 amide bonds. The zero-order valence-electron chi connectivity index (χ0n) is 3.98. The number of hydrogen-bond donors (Lipinski definition) is 2. The fourth-order valence-electron chi connectivity index (χ4n) is 0.390. The van der Waals surface area contributed by atoms with E-state index in [1.165, 1.54) is 6.33 Å². The molecule has 0 fully saturated rings. The highest BCUT2D eigenvalue weighted by Crippen LogP contribution is 2.04. The minimum Gasteiger partial charge on any atom is -0.335 e. The Morgan fingerprint density at radius 1 is 1.88 bits per heavy atom. The SMILES string of the molecule is N=Cc1nc[nH]c1Cl. The number of H-pyrrole nitrogens is 1. The third-order valence-corrected chi connectivity index (χ3v) is 1.06. The highest BCUT2D eigenvalue weighted by molar-refractivity contribution is 6.31. The van der Waals surface area contributed by atoms with Gasteiger partial charge in [-0.2, -0.15) is 0 Å². The molecule has 0 aliphatic carbocycles. The molecule has 8 heavy (non-hydrogen) atoms. The molecule has 0 radical (unpaired) electrons. The van der Waals surface area contributed by atoms with Gasteiger partial charge in [-0.3, -0.25) is 0 Å². The van der Waals surface area contributed by atoms with Crippen LogP contribution in [0.15, 0.2) is 6.33 Å². The van der Waals surface area contributed by atoms with E-state index in [1.807, 2.05) is 0 Å². The Hall–Kier alpha value is -0.830. The lowest BCUT2D eigenvalue weighted by Gasteiger charge is -1.77. The van der Waals surface area contributed by atoms with Gasteiger partial charge in [-0.25, -0.2) is 4.98 Å². The quantitative estimate of drug-likeness (QED) is 0.548. The van der Waals surface area contributed by atoms with E-state index in [0.29, 0.717) is 10.8 Å². The number of aromatic amines is 1. The van der Waals surface area contributed by atoms with E-state index >= 15 is 0 Å². The first-order valence-electron chi connectivity index (χ1n) is 2.04. The topological polar surface area (TPSA) is 52.5 Å². The number of aromatic nitrogens is 2. The summed E-state index contributed by atoms with van der Waals surface area (Å²) in [6.07, 6.45) is 2.54. The van der Waals surface area contributed by atoms with Gasteiger partial charge in [0.1, 0.15) is 10.8 Å². The summed E-state index contributed by atoms with van der Waals surface area (Å²) in [5.41, 5.74) is 0.478. The van der Waals surface area contributed by atoms with Crippen LogP contribution in [0.3, 0.4) is 0 Å². The van der Waals surface area contributed by atoms with Crippen LogP contribution in [0.5, 0.6) is 0 Å². The third-order valence-electron chi connectivity index (χ3n) is 0.757.